The van der Waals surface area contributed by atoms with E-state index >= 15 is 0 Å². The summed E-state index contributed by atoms with van der Waals surface area (Å²) in [7, 11) is 0. The van der Waals surface area contributed by atoms with Crippen LogP contribution in [0.4, 0.5) is 0 Å². The lowest BCUT2D eigenvalue weighted by atomic mass is 9.63. The first-order valence-corrected chi connectivity index (χ1v) is 10.7. The molecule has 1 aromatic rings. The molecule has 1 heterocycles. The summed E-state index contributed by atoms with van der Waals surface area (Å²) in [5, 5.41) is 10.9. The first-order chi connectivity index (χ1) is 12.6. The highest BCUT2D eigenvalue weighted by Gasteiger charge is 2.51. The number of benzene rings is 1. The SMILES string of the molecule is CC[C@]1(O)CC2CCC(N3C[C@@H]4c5ccccc5CC[C@H]4C3=O)[C@H](C2)C1. The van der Waals surface area contributed by atoms with Gasteiger partial charge in [-0.3, -0.25) is 4.79 Å². The van der Waals surface area contributed by atoms with E-state index in [1.54, 1.807) is 0 Å². The largest absolute Gasteiger partial charge is 0.390 e. The smallest absolute Gasteiger partial charge is 0.226 e. The molecular weight excluding hydrogens is 322 g/mol. The second kappa shape index (κ2) is 6.09. The molecular formula is C23H31NO2. The van der Waals surface area contributed by atoms with Crippen molar-refractivity contribution in [3.8, 4) is 0 Å². The highest BCUT2D eigenvalue weighted by atomic mass is 16.3. The number of hydrogen-bond acceptors (Lipinski definition) is 2. The molecule has 140 valence electrons. The second-order valence-corrected chi connectivity index (χ2v) is 9.43. The summed E-state index contributed by atoms with van der Waals surface area (Å²) in [6.07, 6.45) is 8.29. The Balaban J connectivity index is 1.41. The van der Waals surface area contributed by atoms with E-state index in [1.807, 2.05) is 0 Å². The van der Waals surface area contributed by atoms with E-state index in [0.717, 1.165) is 45.1 Å². The van der Waals surface area contributed by atoms with Crippen LogP contribution in [-0.2, 0) is 11.2 Å². The number of rotatable bonds is 2. The number of amides is 1. The molecule has 3 heteroatoms. The van der Waals surface area contributed by atoms with Crippen LogP contribution in [-0.4, -0.2) is 34.1 Å². The first kappa shape index (κ1) is 16.8. The maximum Gasteiger partial charge on any atom is 0.226 e. The molecule has 4 aliphatic rings. The van der Waals surface area contributed by atoms with Crippen LogP contribution in [0.2, 0.25) is 0 Å². The minimum absolute atomic E-state index is 0.191. The summed E-state index contributed by atoms with van der Waals surface area (Å²) < 4.78 is 0. The molecule has 3 nitrogen and oxygen atoms in total. The highest BCUT2D eigenvalue weighted by Crippen LogP contribution is 2.50. The quantitative estimate of drug-likeness (QED) is 0.876. The molecule has 2 bridgehead atoms. The van der Waals surface area contributed by atoms with Gasteiger partial charge in [-0.25, -0.2) is 0 Å². The van der Waals surface area contributed by atoms with E-state index in [2.05, 4.69) is 36.1 Å². The number of carbonyl (C=O) groups excluding carboxylic acids is 1. The van der Waals surface area contributed by atoms with Crippen molar-refractivity contribution in [3.63, 3.8) is 0 Å². The molecule has 0 radical (unpaired) electrons. The Morgan fingerprint density at radius 2 is 2.00 bits per heavy atom. The second-order valence-electron chi connectivity index (χ2n) is 9.43. The molecule has 3 fully saturated rings. The normalized spacial score (nSPS) is 41.7. The number of aryl methyl sites for hydroxylation is 1. The minimum atomic E-state index is -0.492. The molecule has 2 unspecified atom stereocenters. The van der Waals surface area contributed by atoms with E-state index in [-0.39, 0.29) is 5.92 Å². The summed E-state index contributed by atoms with van der Waals surface area (Å²) in [5.41, 5.74) is 2.38. The van der Waals surface area contributed by atoms with Crippen molar-refractivity contribution in [2.24, 2.45) is 17.8 Å². The molecule has 6 atom stereocenters. The Kier molecular flexibility index (Phi) is 3.93. The van der Waals surface area contributed by atoms with E-state index in [9.17, 15) is 9.90 Å². The summed E-state index contributed by atoms with van der Waals surface area (Å²) in [5.74, 6) is 2.14. The van der Waals surface area contributed by atoms with Crippen molar-refractivity contribution < 1.29 is 9.90 Å². The van der Waals surface area contributed by atoms with Crippen LogP contribution in [0.1, 0.15) is 68.9 Å². The van der Waals surface area contributed by atoms with Crippen molar-refractivity contribution in [3.05, 3.63) is 35.4 Å². The van der Waals surface area contributed by atoms with Crippen LogP contribution in [0, 0.1) is 17.8 Å². The average Bonchev–Trinajstić information content (AvgIpc) is 2.99. The summed E-state index contributed by atoms with van der Waals surface area (Å²) in [6, 6.07) is 9.10. The Morgan fingerprint density at radius 3 is 2.85 bits per heavy atom. The molecule has 26 heavy (non-hydrogen) atoms. The lowest BCUT2D eigenvalue weighted by Crippen LogP contribution is -2.52. The van der Waals surface area contributed by atoms with Crippen LogP contribution >= 0.6 is 0 Å². The third-order valence-electron chi connectivity index (χ3n) is 8.08. The fourth-order valence-corrected chi connectivity index (χ4v) is 6.75. The first-order valence-electron chi connectivity index (χ1n) is 10.7. The maximum atomic E-state index is 13.3. The Hall–Kier alpha value is -1.35. The number of likely N-dealkylation sites (tertiary alicyclic amines) is 1. The lowest BCUT2D eigenvalue weighted by molar-refractivity contribution is -0.138. The van der Waals surface area contributed by atoms with Gasteiger partial charge in [-0.15, -0.1) is 0 Å². The highest BCUT2D eigenvalue weighted by molar-refractivity contribution is 5.83. The number of fused-ring (bicyclic) bond motifs is 5. The summed E-state index contributed by atoms with van der Waals surface area (Å²) >= 11 is 0. The minimum Gasteiger partial charge on any atom is -0.390 e. The summed E-state index contributed by atoms with van der Waals surface area (Å²) in [6.45, 7) is 3.01. The number of hydrogen-bond donors (Lipinski definition) is 1. The number of carbonyl (C=O) groups is 1. The Labute approximate surface area is 156 Å². The van der Waals surface area contributed by atoms with Gasteiger partial charge in [0.1, 0.15) is 0 Å². The molecule has 2 saturated carbocycles. The molecule has 1 aromatic carbocycles. The van der Waals surface area contributed by atoms with Gasteiger partial charge in [-0.2, -0.15) is 0 Å². The van der Waals surface area contributed by atoms with Crippen LogP contribution in [0.15, 0.2) is 24.3 Å². The van der Waals surface area contributed by atoms with E-state index < -0.39 is 5.60 Å². The zero-order valence-electron chi connectivity index (χ0n) is 15.9. The lowest BCUT2D eigenvalue weighted by Gasteiger charge is -2.49. The molecule has 1 saturated heterocycles. The van der Waals surface area contributed by atoms with E-state index in [0.29, 0.717) is 29.7 Å². The van der Waals surface area contributed by atoms with Crippen LogP contribution < -0.4 is 0 Å². The van der Waals surface area contributed by atoms with Crippen molar-refractivity contribution >= 4 is 5.91 Å². The fourth-order valence-electron chi connectivity index (χ4n) is 6.75. The van der Waals surface area contributed by atoms with Gasteiger partial charge >= 0.3 is 0 Å². The van der Waals surface area contributed by atoms with Crippen LogP contribution in [0.25, 0.3) is 0 Å². The molecule has 0 spiro atoms. The standard InChI is InChI=1S/C23H31NO2/c1-2-23(26)12-15-7-10-21(17(11-15)13-23)24-14-20-18-6-4-3-5-16(18)8-9-19(20)22(24)25/h3-6,15,17,19-21,26H,2,7-14H2,1H3/t15?,17-,19-,20-,21?,23+/m1/s1. The van der Waals surface area contributed by atoms with Gasteiger partial charge in [0.25, 0.3) is 0 Å². The molecule has 1 N–H and O–H groups in total. The predicted octanol–water partition coefficient (Wildman–Crippen LogP) is 3.89. The van der Waals surface area contributed by atoms with Crippen molar-refractivity contribution in [1.82, 2.24) is 4.90 Å². The summed E-state index contributed by atoms with van der Waals surface area (Å²) in [4.78, 5) is 15.6. The molecule has 0 aromatic heterocycles. The van der Waals surface area contributed by atoms with Gasteiger partial charge in [-0.05, 0) is 74.3 Å². The van der Waals surface area contributed by atoms with E-state index in [1.165, 1.54) is 24.0 Å². The molecule has 5 rings (SSSR count). The van der Waals surface area contributed by atoms with Crippen molar-refractivity contribution in [2.45, 2.75) is 75.9 Å². The van der Waals surface area contributed by atoms with Gasteiger partial charge in [-0.1, -0.05) is 31.2 Å². The van der Waals surface area contributed by atoms with Gasteiger partial charge in [0.2, 0.25) is 5.91 Å². The number of nitrogens with zero attached hydrogens (tertiary/aromatic N) is 1. The van der Waals surface area contributed by atoms with E-state index in [4.69, 9.17) is 0 Å². The van der Waals surface area contributed by atoms with Gasteiger partial charge in [0.15, 0.2) is 0 Å². The Bertz CT molecular complexity index is 716. The monoisotopic (exact) mass is 353 g/mol. The van der Waals surface area contributed by atoms with Crippen molar-refractivity contribution in [1.29, 1.82) is 0 Å². The van der Waals surface area contributed by atoms with Crippen LogP contribution in [0.5, 0.6) is 0 Å². The Morgan fingerprint density at radius 1 is 1.15 bits per heavy atom. The van der Waals surface area contributed by atoms with Gasteiger partial charge in [0.05, 0.1) is 5.60 Å². The molecule has 1 amide bonds. The average molecular weight is 354 g/mol. The zero-order valence-corrected chi connectivity index (χ0v) is 15.9. The fraction of sp³-hybridized carbons (Fsp3) is 0.696. The zero-order chi connectivity index (χ0) is 17.9. The van der Waals surface area contributed by atoms with Gasteiger partial charge in [0, 0.05) is 24.4 Å². The third kappa shape index (κ3) is 2.54. The molecule has 1 aliphatic heterocycles. The number of aliphatic hydroxyl groups is 1. The topological polar surface area (TPSA) is 40.5 Å². The van der Waals surface area contributed by atoms with Crippen LogP contribution in [0.3, 0.4) is 0 Å². The molecule has 3 aliphatic carbocycles. The van der Waals surface area contributed by atoms with Crippen molar-refractivity contribution in [2.75, 3.05) is 6.54 Å². The predicted molar refractivity (Wildman–Crippen MR) is 102 cm³/mol. The third-order valence-corrected chi connectivity index (χ3v) is 8.08. The van der Waals surface area contributed by atoms with Gasteiger partial charge < -0.3 is 10.0 Å². The maximum absolute atomic E-state index is 13.3.